The number of rotatable bonds is 6. The van der Waals surface area contributed by atoms with Gasteiger partial charge >= 0.3 is 5.97 Å². The van der Waals surface area contributed by atoms with Gasteiger partial charge in [-0.2, -0.15) is 0 Å². The van der Waals surface area contributed by atoms with Gasteiger partial charge < -0.3 is 10.1 Å². The Bertz CT molecular complexity index is 815. The quantitative estimate of drug-likeness (QED) is 0.577. The van der Waals surface area contributed by atoms with E-state index in [1.165, 1.54) is 28.0 Å². The van der Waals surface area contributed by atoms with Crippen molar-refractivity contribution in [3.8, 4) is 0 Å². The van der Waals surface area contributed by atoms with Crippen LogP contribution in [0.2, 0.25) is 0 Å². The molecule has 26 heavy (non-hydrogen) atoms. The van der Waals surface area contributed by atoms with Gasteiger partial charge in [0.05, 0.1) is 17.9 Å². The fourth-order valence-electron chi connectivity index (χ4n) is 2.94. The number of aryl methyl sites for hydroxylation is 1. The summed E-state index contributed by atoms with van der Waals surface area (Å²) in [5.41, 5.74) is 1.57. The molecule has 1 aliphatic carbocycles. The van der Waals surface area contributed by atoms with E-state index in [0.717, 1.165) is 24.8 Å². The van der Waals surface area contributed by atoms with Crippen LogP contribution in [-0.4, -0.2) is 39.4 Å². The number of nitrogens with zero attached hydrogens (tertiary/aromatic N) is 2. The number of carbonyl (C=O) groups is 2. The third kappa shape index (κ3) is 4.27. The number of aromatic amines is 1. The maximum atomic E-state index is 12.4. The van der Waals surface area contributed by atoms with Crippen LogP contribution in [0.15, 0.2) is 5.16 Å². The van der Waals surface area contributed by atoms with E-state index in [2.05, 4.69) is 27.4 Å². The SMILES string of the molecule is CCOC(=O)c1c(NC(=O)CSc2n[nH]c(C)n2)sc2c1CCC(C)C2. The Morgan fingerprint density at radius 2 is 2.27 bits per heavy atom. The lowest BCUT2D eigenvalue weighted by atomic mass is 9.88. The number of hydrogen-bond donors (Lipinski definition) is 2. The fourth-order valence-corrected chi connectivity index (χ4v) is 5.00. The van der Waals surface area contributed by atoms with Crippen molar-refractivity contribution in [3.05, 3.63) is 21.8 Å². The van der Waals surface area contributed by atoms with Crippen molar-refractivity contribution in [2.75, 3.05) is 17.7 Å². The minimum atomic E-state index is -0.355. The lowest BCUT2D eigenvalue weighted by Crippen LogP contribution is -2.17. The molecule has 0 saturated carbocycles. The number of nitrogens with one attached hydrogen (secondary N) is 2. The minimum absolute atomic E-state index is 0.179. The van der Waals surface area contributed by atoms with Crippen molar-refractivity contribution in [3.63, 3.8) is 0 Å². The van der Waals surface area contributed by atoms with Gasteiger partial charge in [-0.3, -0.25) is 9.89 Å². The Labute approximate surface area is 160 Å². The van der Waals surface area contributed by atoms with E-state index in [0.29, 0.717) is 34.1 Å². The highest BCUT2D eigenvalue weighted by Crippen LogP contribution is 2.40. The molecule has 7 nitrogen and oxygen atoms in total. The first-order chi connectivity index (χ1) is 12.5. The summed E-state index contributed by atoms with van der Waals surface area (Å²) in [6.07, 6.45) is 2.83. The van der Waals surface area contributed by atoms with Gasteiger partial charge in [0.2, 0.25) is 11.1 Å². The highest BCUT2D eigenvalue weighted by Gasteiger charge is 2.29. The molecule has 2 aromatic heterocycles. The molecule has 0 aromatic carbocycles. The molecule has 0 radical (unpaired) electrons. The molecular formula is C17H22N4O3S2. The monoisotopic (exact) mass is 394 g/mol. The lowest BCUT2D eigenvalue weighted by Gasteiger charge is -2.18. The van der Waals surface area contributed by atoms with Gasteiger partial charge in [0.15, 0.2) is 0 Å². The maximum absolute atomic E-state index is 12.4. The van der Waals surface area contributed by atoms with Crippen LogP contribution in [0, 0.1) is 12.8 Å². The Hall–Kier alpha value is -1.87. The van der Waals surface area contributed by atoms with Crippen molar-refractivity contribution < 1.29 is 14.3 Å². The standard InChI is InChI=1S/C17H22N4O3S2/c1-4-24-16(23)14-11-6-5-9(2)7-12(11)26-15(14)19-13(22)8-25-17-18-10(3)20-21-17/h9H,4-8H2,1-3H3,(H,19,22)(H,18,20,21). The Morgan fingerprint density at radius 3 is 2.96 bits per heavy atom. The molecule has 0 bridgehead atoms. The zero-order valence-corrected chi connectivity index (χ0v) is 16.7. The molecule has 3 rings (SSSR count). The van der Waals surface area contributed by atoms with Crippen molar-refractivity contribution in [2.45, 2.75) is 45.2 Å². The predicted molar refractivity (Wildman–Crippen MR) is 102 cm³/mol. The van der Waals surface area contributed by atoms with Crippen LogP contribution >= 0.6 is 23.1 Å². The molecule has 0 aliphatic heterocycles. The average Bonchev–Trinajstić information content (AvgIpc) is 3.15. The third-order valence-electron chi connectivity index (χ3n) is 4.15. The second-order valence-corrected chi connectivity index (χ2v) is 8.36. The smallest absolute Gasteiger partial charge is 0.341 e. The molecule has 2 aromatic rings. The molecule has 140 valence electrons. The first-order valence-corrected chi connectivity index (χ1v) is 10.4. The van der Waals surface area contributed by atoms with Crippen LogP contribution in [0.5, 0.6) is 0 Å². The number of aromatic nitrogens is 3. The normalized spacial score (nSPS) is 16.2. The summed E-state index contributed by atoms with van der Waals surface area (Å²) < 4.78 is 5.22. The van der Waals surface area contributed by atoms with Crippen molar-refractivity contribution in [1.82, 2.24) is 15.2 Å². The van der Waals surface area contributed by atoms with Gasteiger partial charge in [0.1, 0.15) is 10.8 Å². The maximum Gasteiger partial charge on any atom is 0.341 e. The van der Waals surface area contributed by atoms with Crippen LogP contribution in [0.1, 0.15) is 46.9 Å². The van der Waals surface area contributed by atoms with Crippen molar-refractivity contribution in [2.24, 2.45) is 5.92 Å². The van der Waals surface area contributed by atoms with E-state index in [1.54, 1.807) is 13.8 Å². The third-order valence-corrected chi connectivity index (χ3v) is 6.17. The van der Waals surface area contributed by atoms with Crippen LogP contribution < -0.4 is 5.32 Å². The lowest BCUT2D eigenvalue weighted by molar-refractivity contribution is -0.113. The molecule has 0 spiro atoms. The molecule has 1 atom stereocenters. The van der Waals surface area contributed by atoms with E-state index in [-0.39, 0.29) is 17.6 Å². The summed E-state index contributed by atoms with van der Waals surface area (Å²) in [4.78, 5) is 30.2. The highest BCUT2D eigenvalue weighted by molar-refractivity contribution is 7.99. The van der Waals surface area contributed by atoms with Crippen LogP contribution in [0.3, 0.4) is 0 Å². The molecule has 1 unspecified atom stereocenters. The number of ether oxygens (including phenoxy) is 1. The van der Waals surface area contributed by atoms with Gasteiger partial charge in [0, 0.05) is 4.88 Å². The van der Waals surface area contributed by atoms with E-state index < -0.39 is 0 Å². The largest absolute Gasteiger partial charge is 0.462 e. The van der Waals surface area contributed by atoms with Crippen molar-refractivity contribution >= 4 is 40.0 Å². The summed E-state index contributed by atoms with van der Waals surface area (Å²) in [7, 11) is 0. The van der Waals surface area contributed by atoms with Gasteiger partial charge in [-0.05, 0) is 44.6 Å². The van der Waals surface area contributed by atoms with Gasteiger partial charge in [-0.1, -0.05) is 18.7 Å². The first-order valence-electron chi connectivity index (χ1n) is 8.61. The number of anilines is 1. The molecule has 2 N–H and O–H groups in total. The topological polar surface area (TPSA) is 97.0 Å². The average molecular weight is 395 g/mol. The van der Waals surface area contributed by atoms with Gasteiger partial charge in [-0.15, -0.1) is 16.4 Å². The zero-order valence-electron chi connectivity index (χ0n) is 15.0. The second kappa shape index (κ2) is 8.22. The summed E-state index contributed by atoms with van der Waals surface area (Å²) in [6, 6.07) is 0. The fraction of sp³-hybridized carbons (Fsp3) is 0.529. The number of fused-ring (bicyclic) bond motifs is 1. The number of hydrogen-bond acceptors (Lipinski definition) is 7. The minimum Gasteiger partial charge on any atom is -0.462 e. The summed E-state index contributed by atoms with van der Waals surface area (Å²) in [6.45, 7) is 6.11. The molecule has 2 heterocycles. The summed E-state index contributed by atoms with van der Waals surface area (Å²) in [5, 5.41) is 10.8. The Kier molecular flexibility index (Phi) is 5.98. The number of esters is 1. The second-order valence-electron chi connectivity index (χ2n) is 6.32. The number of thiophene rings is 1. The summed E-state index contributed by atoms with van der Waals surface area (Å²) >= 11 is 2.75. The number of H-pyrrole nitrogens is 1. The highest BCUT2D eigenvalue weighted by atomic mass is 32.2. The first kappa shape index (κ1) is 18.9. The van der Waals surface area contributed by atoms with E-state index in [1.807, 2.05) is 0 Å². The number of thioether (sulfide) groups is 1. The molecule has 1 aliphatic rings. The number of carbonyl (C=O) groups excluding carboxylic acids is 2. The summed E-state index contributed by atoms with van der Waals surface area (Å²) in [5.74, 6) is 0.932. The van der Waals surface area contributed by atoms with E-state index in [9.17, 15) is 9.59 Å². The van der Waals surface area contributed by atoms with Crippen LogP contribution in [0.4, 0.5) is 5.00 Å². The Balaban J connectivity index is 1.75. The molecule has 1 amide bonds. The van der Waals surface area contributed by atoms with Gasteiger partial charge in [0.25, 0.3) is 0 Å². The Morgan fingerprint density at radius 1 is 1.46 bits per heavy atom. The predicted octanol–water partition coefficient (Wildman–Crippen LogP) is 3.21. The molecule has 9 heteroatoms. The molecular weight excluding hydrogens is 372 g/mol. The molecule has 0 fully saturated rings. The van der Waals surface area contributed by atoms with Crippen molar-refractivity contribution in [1.29, 1.82) is 0 Å². The van der Waals surface area contributed by atoms with E-state index >= 15 is 0 Å². The van der Waals surface area contributed by atoms with Crippen LogP contribution in [-0.2, 0) is 22.4 Å². The van der Waals surface area contributed by atoms with Crippen LogP contribution in [0.25, 0.3) is 0 Å². The zero-order chi connectivity index (χ0) is 18.7. The number of amides is 1. The van der Waals surface area contributed by atoms with E-state index in [4.69, 9.17) is 4.74 Å². The van der Waals surface area contributed by atoms with Gasteiger partial charge in [-0.25, -0.2) is 9.78 Å². The molecule has 0 saturated heterocycles.